The summed E-state index contributed by atoms with van der Waals surface area (Å²) in [6.45, 7) is 11.5. The van der Waals surface area contributed by atoms with Crippen LogP contribution in [0.5, 0.6) is 5.75 Å². The van der Waals surface area contributed by atoms with E-state index in [1.807, 2.05) is 12.1 Å². The number of hydrogen-bond donors (Lipinski definition) is 0. The number of fused-ring (bicyclic) bond motifs is 3. The average Bonchev–Trinajstić information content (AvgIpc) is 2.94. The third kappa shape index (κ3) is 2.06. The molecule has 0 saturated heterocycles. The minimum Gasteiger partial charge on any atom is -0.467 e. The van der Waals surface area contributed by atoms with E-state index in [2.05, 4.69) is 54.1 Å². The molecule has 0 bridgehead atoms. The smallest absolute Gasteiger partial charge is 0.201 e. The molecule has 3 heteroatoms. The van der Waals surface area contributed by atoms with Crippen molar-refractivity contribution in [3.63, 3.8) is 0 Å². The van der Waals surface area contributed by atoms with Crippen molar-refractivity contribution < 1.29 is 4.74 Å². The maximum atomic E-state index is 6.07. The lowest BCUT2D eigenvalue weighted by atomic mass is 9.88. The number of nitrogens with zero attached hydrogens (tertiary/aromatic N) is 2. The van der Waals surface area contributed by atoms with Gasteiger partial charge >= 0.3 is 0 Å². The van der Waals surface area contributed by atoms with Gasteiger partial charge in [-0.25, -0.2) is 0 Å². The highest BCUT2D eigenvalue weighted by Gasteiger charge is 2.38. The van der Waals surface area contributed by atoms with Gasteiger partial charge in [0.05, 0.1) is 11.6 Å². The van der Waals surface area contributed by atoms with E-state index in [1.54, 1.807) is 13.1 Å². The first-order chi connectivity index (χ1) is 10.7. The zero-order valence-electron chi connectivity index (χ0n) is 12.6. The Hall–Kier alpha value is -2.68. The third-order valence-corrected chi connectivity index (χ3v) is 4.06. The second-order valence-electron chi connectivity index (χ2n) is 5.21. The van der Waals surface area contributed by atoms with Crippen LogP contribution < -0.4 is 4.74 Å². The van der Waals surface area contributed by atoms with Gasteiger partial charge in [0.15, 0.2) is 0 Å². The molecule has 0 amide bonds. The number of hydrogen-bond acceptors (Lipinski definition) is 3. The molecule has 0 N–H and O–H groups in total. The van der Waals surface area contributed by atoms with Crippen molar-refractivity contribution in [2.24, 2.45) is 9.98 Å². The summed E-state index contributed by atoms with van der Waals surface area (Å²) in [6, 6.07) is 12.3. The average molecular weight is 290 g/mol. The Bertz CT molecular complexity index is 804. The van der Waals surface area contributed by atoms with E-state index in [1.165, 1.54) is 0 Å². The predicted octanol–water partition coefficient (Wildman–Crippen LogP) is 4.16. The predicted molar refractivity (Wildman–Crippen MR) is 93.4 cm³/mol. The fourth-order valence-corrected chi connectivity index (χ4v) is 2.99. The SMILES string of the molecule is C=CC(=C)/C(=N/C)C1c2ccc3ccccc3c2OC1N=C. The van der Waals surface area contributed by atoms with Gasteiger partial charge in [0.2, 0.25) is 6.23 Å². The van der Waals surface area contributed by atoms with Crippen molar-refractivity contribution in [1.82, 2.24) is 0 Å². The van der Waals surface area contributed by atoms with E-state index in [0.717, 1.165) is 33.4 Å². The summed E-state index contributed by atoms with van der Waals surface area (Å²) in [5, 5.41) is 2.22. The van der Waals surface area contributed by atoms with E-state index in [0.29, 0.717) is 0 Å². The molecular weight excluding hydrogens is 272 g/mol. The van der Waals surface area contributed by atoms with Crippen molar-refractivity contribution in [2.45, 2.75) is 12.1 Å². The summed E-state index contributed by atoms with van der Waals surface area (Å²) in [5.41, 5.74) is 2.69. The molecule has 3 nitrogen and oxygen atoms in total. The highest BCUT2D eigenvalue weighted by molar-refractivity contribution is 6.08. The normalized spacial score (nSPS) is 20.3. The zero-order chi connectivity index (χ0) is 15.7. The Labute approximate surface area is 130 Å². The highest BCUT2D eigenvalue weighted by Crippen LogP contribution is 2.44. The number of ether oxygens (including phenoxy) is 1. The van der Waals surface area contributed by atoms with Crippen LogP contribution in [-0.2, 0) is 0 Å². The quantitative estimate of drug-likeness (QED) is 0.615. The Kier molecular flexibility index (Phi) is 3.63. The van der Waals surface area contributed by atoms with Crippen molar-refractivity contribution in [3.8, 4) is 5.75 Å². The summed E-state index contributed by atoms with van der Waals surface area (Å²) >= 11 is 0. The number of rotatable bonds is 4. The molecule has 2 aromatic rings. The first-order valence-electron chi connectivity index (χ1n) is 7.13. The van der Waals surface area contributed by atoms with Gasteiger partial charge in [-0.05, 0) is 17.7 Å². The standard InChI is InChI=1S/C19H18N2O/c1-5-12(2)17(20-3)16-15-11-10-13-8-6-7-9-14(13)18(15)22-19(16)21-4/h5-11,16,19H,1-2,4H2,3H3/b20-17-. The zero-order valence-corrected chi connectivity index (χ0v) is 12.6. The maximum Gasteiger partial charge on any atom is 0.201 e. The second-order valence-corrected chi connectivity index (χ2v) is 5.21. The largest absolute Gasteiger partial charge is 0.467 e. The van der Waals surface area contributed by atoms with Gasteiger partial charge in [-0.3, -0.25) is 9.98 Å². The molecule has 1 heterocycles. The van der Waals surface area contributed by atoms with Crippen LogP contribution in [0.25, 0.3) is 10.8 Å². The summed E-state index contributed by atoms with van der Waals surface area (Å²) in [6.07, 6.45) is 1.32. The van der Waals surface area contributed by atoms with Crippen molar-refractivity contribution in [3.05, 3.63) is 66.8 Å². The molecule has 1 aliphatic rings. The molecule has 2 unspecified atom stereocenters. The molecule has 0 aliphatic carbocycles. The topological polar surface area (TPSA) is 34.0 Å². The molecule has 22 heavy (non-hydrogen) atoms. The molecule has 0 saturated carbocycles. The molecular formula is C19H18N2O. The van der Waals surface area contributed by atoms with Gasteiger partial charge in [0.1, 0.15) is 5.75 Å². The van der Waals surface area contributed by atoms with Crippen LogP contribution >= 0.6 is 0 Å². The van der Waals surface area contributed by atoms with E-state index >= 15 is 0 Å². The van der Waals surface area contributed by atoms with Gasteiger partial charge in [0, 0.05) is 18.0 Å². The number of allylic oxidation sites excluding steroid dienone is 2. The Balaban J connectivity index is 2.21. The van der Waals surface area contributed by atoms with Crippen LogP contribution in [0, 0.1) is 0 Å². The van der Waals surface area contributed by atoms with Gasteiger partial charge in [-0.2, -0.15) is 0 Å². The molecule has 0 fully saturated rings. The van der Waals surface area contributed by atoms with Gasteiger partial charge in [-0.15, -0.1) is 0 Å². The molecule has 0 aromatic heterocycles. The minimum atomic E-state index is -0.392. The van der Waals surface area contributed by atoms with E-state index < -0.39 is 6.23 Å². The van der Waals surface area contributed by atoms with Gasteiger partial charge < -0.3 is 4.74 Å². The first-order valence-corrected chi connectivity index (χ1v) is 7.13. The molecule has 3 rings (SSSR count). The lowest BCUT2D eigenvalue weighted by Gasteiger charge is -2.17. The van der Waals surface area contributed by atoms with E-state index in [-0.39, 0.29) is 5.92 Å². The summed E-state index contributed by atoms with van der Waals surface area (Å²) in [7, 11) is 1.75. The Morgan fingerprint density at radius 1 is 1.23 bits per heavy atom. The fourth-order valence-electron chi connectivity index (χ4n) is 2.99. The van der Waals surface area contributed by atoms with Crippen LogP contribution in [-0.4, -0.2) is 25.7 Å². The number of aliphatic imine (C=N–C) groups is 2. The van der Waals surface area contributed by atoms with Crippen LogP contribution in [0.3, 0.4) is 0 Å². The highest BCUT2D eigenvalue weighted by atomic mass is 16.5. The van der Waals surface area contributed by atoms with Crippen LogP contribution in [0.4, 0.5) is 0 Å². The third-order valence-electron chi connectivity index (χ3n) is 4.06. The van der Waals surface area contributed by atoms with Crippen molar-refractivity contribution >= 4 is 23.2 Å². The summed E-state index contributed by atoms with van der Waals surface area (Å²) in [4.78, 5) is 8.54. The fraction of sp³-hybridized carbons (Fsp3) is 0.158. The molecule has 2 aromatic carbocycles. The molecule has 0 spiro atoms. The van der Waals surface area contributed by atoms with Crippen molar-refractivity contribution in [1.29, 1.82) is 0 Å². The monoisotopic (exact) mass is 290 g/mol. The van der Waals surface area contributed by atoms with Gasteiger partial charge in [0.25, 0.3) is 0 Å². The lowest BCUT2D eigenvalue weighted by Crippen LogP contribution is -2.24. The Morgan fingerprint density at radius 2 is 2.00 bits per heavy atom. The Morgan fingerprint density at radius 3 is 2.68 bits per heavy atom. The van der Waals surface area contributed by atoms with Crippen LogP contribution in [0.2, 0.25) is 0 Å². The van der Waals surface area contributed by atoms with E-state index in [4.69, 9.17) is 4.74 Å². The van der Waals surface area contributed by atoms with Crippen LogP contribution in [0.1, 0.15) is 11.5 Å². The second kappa shape index (κ2) is 5.60. The summed E-state index contributed by atoms with van der Waals surface area (Å²) in [5.74, 6) is 0.756. The maximum absolute atomic E-state index is 6.07. The van der Waals surface area contributed by atoms with Crippen LogP contribution in [0.15, 0.2) is 71.2 Å². The molecule has 0 radical (unpaired) electrons. The van der Waals surface area contributed by atoms with Gasteiger partial charge in [-0.1, -0.05) is 55.6 Å². The van der Waals surface area contributed by atoms with Crippen molar-refractivity contribution in [2.75, 3.05) is 7.05 Å². The minimum absolute atomic E-state index is 0.104. The number of benzene rings is 2. The van der Waals surface area contributed by atoms with E-state index in [9.17, 15) is 0 Å². The first kappa shape index (κ1) is 14.3. The molecule has 110 valence electrons. The lowest BCUT2D eigenvalue weighted by molar-refractivity contribution is 0.239. The molecule has 2 atom stereocenters. The summed E-state index contributed by atoms with van der Waals surface area (Å²) < 4.78 is 6.07. The molecule has 1 aliphatic heterocycles.